The minimum atomic E-state index is 0.701. The van der Waals surface area contributed by atoms with E-state index in [-0.39, 0.29) is 0 Å². The van der Waals surface area contributed by atoms with Crippen molar-refractivity contribution in [1.29, 1.82) is 10.5 Å². The number of thiophene rings is 4. The highest BCUT2D eigenvalue weighted by Crippen LogP contribution is 2.42. The summed E-state index contributed by atoms with van der Waals surface area (Å²) in [6, 6.07) is 17.0. The van der Waals surface area contributed by atoms with Gasteiger partial charge < -0.3 is 4.57 Å². The maximum atomic E-state index is 9.64. The van der Waals surface area contributed by atoms with Gasteiger partial charge in [-0.15, -0.1) is 45.3 Å². The monoisotopic (exact) mass is 487 g/mol. The van der Waals surface area contributed by atoms with Crippen molar-refractivity contribution in [2.75, 3.05) is 0 Å². The molecule has 0 aliphatic rings. The topological polar surface area (TPSA) is 52.5 Å². The number of hydrogen-bond donors (Lipinski definition) is 0. The lowest BCUT2D eigenvalue weighted by Gasteiger charge is -2.02. The molecule has 0 radical (unpaired) electrons. The Labute approximate surface area is 202 Å². The molecular formula is C25H17N3S4. The molecule has 5 rings (SSSR count). The van der Waals surface area contributed by atoms with Gasteiger partial charge in [0.15, 0.2) is 0 Å². The zero-order valence-electron chi connectivity index (χ0n) is 17.2. The highest BCUT2D eigenvalue weighted by atomic mass is 32.1. The van der Waals surface area contributed by atoms with Gasteiger partial charge in [0.25, 0.3) is 0 Å². The molecule has 0 saturated carbocycles. The Morgan fingerprint density at radius 3 is 1.75 bits per heavy atom. The Balaban J connectivity index is 1.63. The first kappa shape index (κ1) is 20.9. The molecule has 0 saturated heterocycles. The quantitative estimate of drug-likeness (QED) is 0.225. The summed E-state index contributed by atoms with van der Waals surface area (Å²) in [7, 11) is 0. The summed E-state index contributed by atoms with van der Waals surface area (Å²) < 4.78 is 4.88. The second kappa shape index (κ2) is 8.90. The first-order valence-corrected chi connectivity index (χ1v) is 13.5. The van der Waals surface area contributed by atoms with E-state index < -0.39 is 0 Å². The van der Waals surface area contributed by atoms with Gasteiger partial charge >= 0.3 is 0 Å². The van der Waals surface area contributed by atoms with Crippen LogP contribution in [0.3, 0.4) is 0 Å². The fourth-order valence-electron chi connectivity index (χ4n) is 3.73. The third-order valence-electron chi connectivity index (χ3n) is 5.09. The van der Waals surface area contributed by atoms with E-state index in [4.69, 9.17) is 0 Å². The average Bonchev–Trinajstić information content (AvgIpc) is 3.61. The SMILES string of the molecule is CCCn1c2cc(/C=C(\C#N)c3cccs3)sc2c2sc(/C=C(\C#N)c3cccs3)cc21. The van der Waals surface area contributed by atoms with Gasteiger partial charge in [-0.2, -0.15) is 10.5 Å². The first-order chi connectivity index (χ1) is 15.7. The summed E-state index contributed by atoms with van der Waals surface area (Å²) >= 11 is 6.64. The van der Waals surface area contributed by atoms with Crippen LogP contribution in [0.1, 0.15) is 32.9 Å². The lowest BCUT2D eigenvalue weighted by Crippen LogP contribution is -1.94. The molecule has 156 valence electrons. The Bertz CT molecular complexity index is 1420. The molecule has 0 amide bonds. The second-order valence-corrected chi connectivity index (χ2v) is 11.2. The van der Waals surface area contributed by atoms with Crippen LogP contribution in [0.2, 0.25) is 0 Å². The molecule has 0 aliphatic heterocycles. The van der Waals surface area contributed by atoms with E-state index in [0.29, 0.717) is 11.1 Å². The molecule has 32 heavy (non-hydrogen) atoms. The summed E-state index contributed by atoms with van der Waals surface area (Å²) in [5.74, 6) is 0. The van der Waals surface area contributed by atoms with Crippen LogP contribution in [0, 0.1) is 22.7 Å². The van der Waals surface area contributed by atoms with E-state index in [1.807, 2.05) is 47.2 Å². The Morgan fingerprint density at radius 2 is 1.38 bits per heavy atom. The zero-order valence-corrected chi connectivity index (χ0v) is 20.4. The fraction of sp³-hybridized carbons (Fsp3) is 0.120. The third-order valence-corrected chi connectivity index (χ3v) is 9.20. The zero-order chi connectivity index (χ0) is 22.1. The number of allylic oxidation sites excluding steroid dienone is 2. The standard InChI is InChI=1S/C25H17N3S4/c1-2-7-28-20-12-18(10-16(14-26)22-5-3-8-29-22)31-24(20)25-21(28)13-19(32-25)11-17(15-27)23-6-4-9-30-23/h3-6,8-13H,2,7H2,1H3/b16-10+,17-11+. The maximum absolute atomic E-state index is 9.64. The maximum Gasteiger partial charge on any atom is 0.101 e. The molecule has 3 nitrogen and oxygen atoms in total. The van der Waals surface area contributed by atoms with Crippen molar-refractivity contribution in [3.8, 4) is 12.1 Å². The number of fused-ring (bicyclic) bond motifs is 3. The van der Waals surface area contributed by atoms with Crippen LogP contribution < -0.4 is 0 Å². The summed E-state index contributed by atoms with van der Waals surface area (Å²) in [6.45, 7) is 3.12. The van der Waals surface area contributed by atoms with Crippen LogP contribution in [-0.4, -0.2) is 4.57 Å². The van der Waals surface area contributed by atoms with Gasteiger partial charge in [0.2, 0.25) is 0 Å². The van der Waals surface area contributed by atoms with Crippen molar-refractivity contribution in [2.45, 2.75) is 19.9 Å². The summed E-state index contributed by atoms with van der Waals surface area (Å²) in [5.41, 5.74) is 3.85. The molecule has 5 aromatic rings. The van der Waals surface area contributed by atoms with Crippen LogP contribution >= 0.6 is 45.3 Å². The van der Waals surface area contributed by atoms with Crippen LogP contribution in [0.25, 0.3) is 43.7 Å². The van der Waals surface area contributed by atoms with Crippen molar-refractivity contribution in [3.05, 3.63) is 66.7 Å². The van der Waals surface area contributed by atoms with E-state index in [9.17, 15) is 10.5 Å². The van der Waals surface area contributed by atoms with Crippen molar-refractivity contribution >= 4 is 89.1 Å². The lowest BCUT2D eigenvalue weighted by molar-refractivity contribution is 0.724. The molecule has 0 bridgehead atoms. The average molecular weight is 488 g/mol. The van der Waals surface area contributed by atoms with Gasteiger partial charge in [-0.1, -0.05) is 19.1 Å². The highest BCUT2D eigenvalue weighted by Gasteiger charge is 2.17. The number of nitrogens with zero attached hydrogens (tertiary/aromatic N) is 3. The van der Waals surface area contributed by atoms with Crippen molar-refractivity contribution in [3.63, 3.8) is 0 Å². The largest absolute Gasteiger partial charge is 0.339 e. The van der Waals surface area contributed by atoms with E-state index in [0.717, 1.165) is 32.5 Å². The van der Waals surface area contributed by atoms with E-state index in [2.05, 4.69) is 35.8 Å². The van der Waals surface area contributed by atoms with Crippen molar-refractivity contribution in [2.24, 2.45) is 0 Å². The van der Waals surface area contributed by atoms with Gasteiger partial charge in [0.05, 0.1) is 31.6 Å². The van der Waals surface area contributed by atoms with Crippen LogP contribution in [0.4, 0.5) is 0 Å². The Morgan fingerprint density at radius 1 is 0.875 bits per heavy atom. The normalized spacial score (nSPS) is 12.5. The summed E-state index contributed by atoms with van der Waals surface area (Å²) in [5, 5.41) is 23.3. The molecule has 0 atom stereocenters. The molecular weight excluding hydrogens is 471 g/mol. The van der Waals surface area contributed by atoms with Gasteiger partial charge in [0, 0.05) is 26.1 Å². The summed E-state index contributed by atoms with van der Waals surface area (Å²) in [4.78, 5) is 4.17. The number of rotatable bonds is 6. The van der Waals surface area contributed by atoms with Crippen LogP contribution in [0.5, 0.6) is 0 Å². The van der Waals surface area contributed by atoms with Gasteiger partial charge in [-0.3, -0.25) is 0 Å². The number of aryl methyl sites for hydroxylation is 1. The molecule has 7 heteroatoms. The predicted molar refractivity (Wildman–Crippen MR) is 141 cm³/mol. The molecule has 0 aromatic carbocycles. The lowest BCUT2D eigenvalue weighted by atomic mass is 10.2. The van der Waals surface area contributed by atoms with Crippen LogP contribution in [0.15, 0.2) is 47.2 Å². The van der Waals surface area contributed by atoms with Gasteiger partial charge in [-0.25, -0.2) is 0 Å². The minimum Gasteiger partial charge on any atom is -0.339 e. The molecule has 0 fully saturated rings. The predicted octanol–water partition coefficient (Wildman–Crippen LogP) is 8.58. The smallest absolute Gasteiger partial charge is 0.101 e. The van der Waals surface area contributed by atoms with E-state index in [1.165, 1.54) is 20.4 Å². The van der Waals surface area contributed by atoms with Crippen molar-refractivity contribution in [1.82, 2.24) is 4.57 Å². The number of hydrogen-bond acceptors (Lipinski definition) is 6. The third kappa shape index (κ3) is 3.74. The fourth-order valence-corrected chi connectivity index (χ4v) is 7.47. The highest BCUT2D eigenvalue weighted by molar-refractivity contribution is 7.28. The van der Waals surface area contributed by atoms with Gasteiger partial charge in [-0.05, 0) is 53.6 Å². The Hall–Kier alpha value is -2.94. The van der Waals surface area contributed by atoms with Crippen LogP contribution in [-0.2, 0) is 6.54 Å². The molecule has 0 spiro atoms. The minimum absolute atomic E-state index is 0.701. The second-order valence-electron chi connectivity index (χ2n) is 7.17. The molecule has 5 heterocycles. The molecule has 5 aromatic heterocycles. The van der Waals surface area contributed by atoms with Gasteiger partial charge in [0.1, 0.15) is 12.1 Å². The molecule has 0 aliphatic carbocycles. The summed E-state index contributed by atoms with van der Waals surface area (Å²) in [6.07, 6.45) is 5.04. The van der Waals surface area contributed by atoms with E-state index >= 15 is 0 Å². The van der Waals surface area contributed by atoms with Crippen molar-refractivity contribution < 1.29 is 0 Å². The van der Waals surface area contributed by atoms with E-state index in [1.54, 1.807) is 45.3 Å². The Kier molecular flexibility index (Phi) is 5.82. The molecule has 0 N–H and O–H groups in total. The number of nitriles is 2. The number of aromatic nitrogens is 1. The molecule has 0 unspecified atom stereocenters. The first-order valence-electron chi connectivity index (χ1n) is 10.1.